The number of carbonyl (C=O) groups excluding carboxylic acids is 1. The number of hydrogen-bond acceptors (Lipinski definition) is 5. The number of rotatable bonds is 8. The first-order valence-corrected chi connectivity index (χ1v) is 7.95. The summed E-state index contributed by atoms with van der Waals surface area (Å²) in [5.74, 6) is 0.457. The summed E-state index contributed by atoms with van der Waals surface area (Å²) in [4.78, 5) is 22.2. The summed E-state index contributed by atoms with van der Waals surface area (Å²) in [6.07, 6.45) is -0.596. The molecule has 2 aromatic carbocycles. The van der Waals surface area contributed by atoms with Crippen LogP contribution in [0, 0.1) is 17.0 Å². The van der Waals surface area contributed by atoms with Gasteiger partial charge in [0.15, 0.2) is 6.10 Å². The van der Waals surface area contributed by atoms with Crippen molar-refractivity contribution in [1.29, 1.82) is 0 Å². The monoisotopic (exact) mass is 343 g/mol. The number of carbonyl (C=O) groups is 1. The maximum absolute atomic E-state index is 12.0. The molecule has 1 atom stereocenters. The Balaban J connectivity index is 1.71. The van der Waals surface area contributed by atoms with Crippen molar-refractivity contribution >= 4 is 17.3 Å². The fourth-order valence-corrected chi connectivity index (χ4v) is 2.18. The van der Waals surface area contributed by atoms with Gasteiger partial charge < -0.3 is 15.4 Å². The molecule has 0 fully saturated rings. The van der Waals surface area contributed by atoms with Crippen molar-refractivity contribution in [2.75, 3.05) is 18.4 Å². The number of nitrogens with zero attached hydrogens (tertiary/aromatic N) is 1. The van der Waals surface area contributed by atoms with E-state index >= 15 is 0 Å². The van der Waals surface area contributed by atoms with Crippen molar-refractivity contribution in [3.8, 4) is 5.75 Å². The molecule has 25 heavy (non-hydrogen) atoms. The van der Waals surface area contributed by atoms with Crippen LogP contribution >= 0.6 is 0 Å². The molecule has 0 aliphatic carbocycles. The molecule has 1 amide bonds. The Morgan fingerprint density at radius 3 is 2.56 bits per heavy atom. The average Bonchev–Trinajstić information content (AvgIpc) is 2.59. The van der Waals surface area contributed by atoms with Crippen LogP contribution in [0.4, 0.5) is 11.4 Å². The van der Waals surface area contributed by atoms with Crippen molar-refractivity contribution < 1.29 is 14.5 Å². The maximum atomic E-state index is 12.0. The number of hydrogen-bond donors (Lipinski definition) is 2. The molecule has 0 saturated carbocycles. The van der Waals surface area contributed by atoms with E-state index in [0.29, 0.717) is 18.8 Å². The molecule has 0 saturated heterocycles. The van der Waals surface area contributed by atoms with E-state index in [1.807, 2.05) is 31.2 Å². The summed E-state index contributed by atoms with van der Waals surface area (Å²) < 4.78 is 5.61. The molecule has 132 valence electrons. The fraction of sp³-hybridized carbons (Fsp3) is 0.278. The standard InChI is InChI=1S/C18H21N3O4/c1-13-4-3-5-17(12-13)25-14(2)18(22)20-11-10-19-15-6-8-16(9-7-15)21(23)24/h3-9,12,14,19H,10-11H2,1-2H3,(H,20,22)/t14-/m1/s1. The van der Waals surface area contributed by atoms with Crippen molar-refractivity contribution in [2.24, 2.45) is 0 Å². The fourth-order valence-electron chi connectivity index (χ4n) is 2.18. The molecule has 2 rings (SSSR count). The number of amides is 1. The number of non-ortho nitro benzene ring substituents is 1. The van der Waals surface area contributed by atoms with Crippen LogP contribution in [0.1, 0.15) is 12.5 Å². The number of anilines is 1. The van der Waals surface area contributed by atoms with E-state index < -0.39 is 11.0 Å². The van der Waals surface area contributed by atoms with Crippen LogP contribution in [0.15, 0.2) is 48.5 Å². The molecule has 0 bridgehead atoms. The Bertz CT molecular complexity index is 731. The second kappa shape index (κ2) is 8.68. The first-order chi connectivity index (χ1) is 12.0. The van der Waals surface area contributed by atoms with E-state index in [9.17, 15) is 14.9 Å². The van der Waals surface area contributed by atoms with Gasteiger partial charge in [-0.3, -0.25) is 14.9 Å². The third kappa shape index (κ3) is 5.80. The molecule has 2 N–H and O–H groups in total. The van der Waals surface area contributed by atoms with Crippen molar-refractivity contribution in [3.63, 3.8) is 0 Å². The Hall–Kier alpha value is -3.09. The minimum absolute atomic E-state index is 0.0426. The van der Waals surface area contributed by atoms with Gasteiger partial charge in [-0.2, -0.15) is 0 Å². The molecule has 0 aliphatic heterocycles. The van der Waals surface area contributed by atoms with Gasteiger partial charge in [0.05, 0.1) is 4.92 Å². The van der Waals surface area contributed by atoms with Crippen LogP contribution in [-0.4, -0.2) is 30.0 Å². The summed E-state index contributed by atoms with van der Waals surface area (Å²) in [7, 11) is 0. The minimum atomic E-state index is -0.596. The molecule has 7 heteroatoms. The molecule has 0 aliphatic rings. The third-order valence-electron chi connectivity index (χ3n) is 3.50. The van der Waals surface area contributed by atoms with Gasteiger partial charge in [0.2, 0.25) is 0 Å². The lowest BCUT2D eigenvalue weighted by atomic mass is 10.2. The number of ether oxygens (including phenoxy) is 1. The lowest BCUT2D eigenvalue weighted by Gasteiger charge is -2.15. The van der Waals surface area contributed by atoms with E-state index in [0.717, 1.165) is 11.3 Å². The van der Waals surface area contributed by atoms with Gasteiger partial charge in [-0.05, 0) is 43.7 Å². The minimum Gasteiger partial charge on any atom is -0.481 e. The predicted octanol–water partition coefficient (Wildman–Crippen LogP) is 2.90. The highest BCUT2D eigenvalue weighted by Crippen LogP contribution is 2.15. The van der Waals surface area contributed by atoms with Crippen molar-refractivity contribution in [3.05, 3.63) is 64.2 Å². The highest BCUT2D eigenvalue weighted by Gasteiger charge is 2.13. The molecule has 0 aromatic heterocycles. The second-order valence-electron chi connectivity index (χ2n) is 5.60. The quantitative estimate of drug-likeness (QED) is 0.437. The third-order valence-corrected chi connectivity index (χ3v) is 3.50. The van der Waals surface area contributed by atoms with Gasteiger partial charge in [0, 0.05) is 30.9 Å². The number of nitro benzene ring substituents is 1. The van der Waals surface area contributed by atoms with Gasteiger partial charge in [-0.15, -0.1) is 0 Å². The van der Waals surface area contributed by atoms with Crippen LogP contribution < -0.4 is 15.4 Å². The molecule has 0 unspecified atom stereocenters. The molecule has 0 spiro atoms. The smallest absolute Gasteiger partial charge is 0.269 e. The SMILES string of the molecule is Cc1cccc(O[C@H](C)C(=O)NCCNc2ccc([N+](=O)[O-])cc2)c1. The van der Waals surface area contributed by atoms with Gasteiger partial charge in [-0.1, -0.05) is 12.1 Å². The Morgan fingerprint density at radius 1 is 1.20 bits per heavy atom. The highest BCUT2D eigenvalue weighted by atomic mass is 16.6. The van der Waals surface area contributed by atoms with Gasteiger partial charge in [0.25, 0.3) is 11.6 Å². The van der Waals surface area contributed by atoms with E-state index in [4.69, 9.17) is 4.74 Å². The van der Waals surface area contributed by atoms with E-state index in [-0.39, 0.29) is 11.6 Å². The highest BCUT2D eigenvalue weighted by molar-refractivity contribution is 5.80. The van der Waals surface area contributed by atoms with Crippen LogP contribution in [0.2, 0.25) is 0 Å². The lowest BCUT2D eigenvalue weighted by molar-refractivity contribution is -0.384. The van der Waals surface area contributed by atoms with Gasteiger partial charge >= 0.3 is 0 Å². The summed E-state index contributed by atoms with van der Waals surface area (Å²) in [5.41, 5.74) is 1.86. The summed E-state index contributed by atoms with van der Waals surface area (Å²) in [6, 6.07) is 13.6. The molecule has 0 radical (unpaired) electrons. The van der Waals surface area contributed by atoms with Crippen LogP contribution in [-0.2, 0) is 4.79 Å². The maximum Gasteiger partial charge on any atom is 0.269 e. The van der Waals surface area contributed by atoms with Crippen molar-refractivity contribution in [1.82, 2.24) is 5.32 Å². The first kappa shape index (κ1) is 18.3. The number of nitro groups is 1. The molecule has 2 aromatic rings. The lowest BCUT2D eigenvalue weighted by Crippen LogP contribution is -2.38. The number of nitrogens with one attached hydrogen (secondary N) is 2. The van der Waals surface area contributed by atoms with Crippen LogP contribution in [0.3, 0.4) is 0 Å². The van der Waals surface area contributed by atoms with Gasteiger partial charge in [-0.25, -0.2) is 0 Å². The Labute approximate surface area is 146 Å². The Kier molecular flexibility index (Phi) is 6.33. The topological polar surface area (TPSA) is 93.5 Å². The van der Waals surface area contributed by atoms with E-state index in [1.54, 1.807) is 19.1 Å². The predicted molar refractivity (Wildman–Crippen MR) is 95.9 cm³/mol. The number of benzene rings is 2. The zero-order valence-electron chi connectivity index (χ0n) is 14.2. The molecule has 0 heterocycles. The molecular formula is C18H21N3O4. The zero-order chi connectivity index (χ0) is 18.2. The van der Waals surface area contributed by atoms with Crippen LogP contribution in [0.5, 0.6) is 5.75 Å². The summed E-state index contributed by atoms with van der Waals surface area (Å²) in [5, 5.41) is 16.5. The number of aryl methyl sites for hydroxylation is 1. The van der Waals surface area contributed by atoms with E-state index in [2.05, 4.69) is 10.6 Å². The largest absolute Gasteiger partial charge is 0.481 e. The second-order valence-corrected chi connectivity index (χ2v) is 5.60. The van der Waals surface area contributed by atoms with E-state index in [1.165, 1.54) is 12.1 Å². The normalized spacial score (nSPS) is 11.4. The van der Waals surface area contributed by atoms with Gasteiger partial charge in [0.1, 0.15) is 5.75 Å². The van der Waals surface area contributed by atoms with Crippen LogP contribution in [0.25, 0.3) is 0 Å². The Morgan fingerprint density at radius 2 is 1.92 bits per heavy atom. The summed E-state index contributed by atoms with van der Waals surface area (Å²) >= 11 is 0. The zero-order valence-corrected chi connectivity index (χ0v) is 14.2. The van der Waals surface area contributed by atoms with Crippen molar-refractivity contribution in [2.45, 2.75) is 20.0 Å². The first-order valence-electron chi connectivity index (χ1n) is 7.95. The molecule has 7 nitrogen and oxygen atoms in total. The summed E-state index contributed by atoms with van der Waals surface area (Å²) in [6.45, 7) is 4.57. The molecular weight excluding hydrogens is 322 g/mol. The average molecular weight is 343 g/mol.